The molecule has 3 unspecified atom stereocenters. The van der Waals surface area contributed by atoms with Gasteiger partial charge >= 0.3 is 0 Å². The third-order valence-corrected chi connectivity index (χ3v) is 3.78. The predicted octanol–water partition coefficient (Wildman–Crippen LogP) is 2.89. The molecule has 17 heavy (non-hydrogen) atoms. The van der Waals surface area contributed by atoms with Crippen LogP contribution < -0.4 is 0 Å². The first-order valence-corrected chi connectivity index (χ1v) is 6.27. The van der Waals surface area contributed by atoms with E-state index in [0.29, 0.717) is 12.0 Å². The number of allylic oxidation sites excluding steroid dienone is 1. The Morgan fingerprint density at radius 2 is 2.12 bits per heavy atom. The molecule has 0 saturated carbocycles. The molecule has 90 valence electrons. The van der Waals surface area contributed by atoms with Gasteiger partial charge in [-0.25, -0.2) is 0 Å². The molecule has 2 fully saturated rings. The predicted molar refractivity (Wildman–Crippen MR) is 66.7 cm³/mol. The van der Waals surface area contributed by atoms with E-state index in [1.807, 2.05) is 12.1 Å². The molecule has 0 spiro atoms. The van der Waals surface area contributed by atoms with Crippen molar-refractivity contribution in [3.8, 4) is 0 Å². The monoisotopic (exact) mass is 230 g/mol. The van der Waals surface area contributed by atoms with Gasteiger partial charge in [0.1, 0.15) is 5.60 Å². The largest absolute Gasteiger partial charge is 0.373 e. The third-order valence-electron chi connectivity index (χ3n) is 3.78. The summed E-state index contributed by atoms with van der Waals surface area (Å²) in [4.78, 5) is 0. The zero-order chi connectivity index (χ0) is 11.7. The summed E-state index contributed by atoms with van der Waals surface area (Å²) in [7, 11) is 0. The first-order chi connectivity index (χ1) is 8.35. The van der Waals surface area contributed by atoms with Gasteiger partial charge in [-0.1, -0.05) is 36.4 Å². The molecule has 0 aromatic heterocycles. The van der Waals surface area contributed by atoms with Gasteiger partial charge in [0.25, 0.3) is 0 Å². The first kappa shape index (κ1) is 11.0. The number of rotatable bonds is 6. The van der Waals surface area contributed by atoms with Crippen LogP contribution in [-0.4, -0.2) is 19.3 Å². The molecule has 0 aliphatic carbocycles. The molecule has 2 saturated heterocycles. The van der Waals surface area contributed by atoms with E-state index in [2.05, 4.69) is 30.8 Å². The van der Waals surface area contributed by atoms with Crippen LogP contribution in [0.4, 0.5) is 0 Å². The van der Waals surface area contributed by atoms with Crippen LogP contribution in [0.5, 0.6) is 0 Å². The van der Waals surface area contributed by atoms with Gasteiger partial charge in [0, 0.05) is 5.92 Å². The third kappa shape index (κ3) is 2.15. The lowest BCUT2D eigenvalue weighted by atomic mass is 9.81. The highest BCUT2D eigenvalue weighted by Gasteiger charge is 2.53. The first-order valence-electron chi connectivity index (χ1n) is 6.27. The minimum absolute atomic E-state index is 0.0681. The van der Waals surface area contributed by atoms with E-state index in [-0.39, 0.29) is 5.60 Å². The summed E-state index contributed by atoms with van der Waals surface area (Å²) in [5.74, 6) is 0.495. The quantitative estimate of drug-likeness (QED) is 0.554. The van der Waals surface area contributed by atoms with Crippen LogP contribution in [0, 0.1) is 5.92 Å². The molecule has 0 N–H and O–H groups in total. The number of epoxide rings is 2. The highest BCUT2D eigenvalue weighted by atomic mass is 16.6. The molecule has 0 bridgehead atoms. The van der Waals surface area contributed by atoms with Gasteiger partial charge < -0.3 is 9.47 Å². The normalized spacial score (nSPS) is 31.9. The van der Waals surface area contributed by atoms with Crippen LogP contribution in [0.15, 0.2) is 43.0 Å². The van der Waals surface area contributed by atoms with Crippen molar-refractivity contribution in [3.63, 3.8) is 0 Å². The Kier molecular flexibility index (Phi) is 2.77. The van der Waals surface area contributed by atoms with E-state index in [0.717, 1.165) is 26.1 Å². The van der Waals surface area contributed by atoms with Crippen LogP contribution in [-0.2, 0) is 15.1 Å². The number of benzene rings is 1. The zero-order valence-electron chi connectivity index (χ0n) is 9.97. The summed E-state index contributed by atoms with van der Waals surface area (Å²) in [5.41, 5.74) is 1.23. The van der Waals surface area contributed by atoms with Crippen molar-refractivity contribution < 1.29 is 9.47 Å². The molecule has 3 rings (SSSR count). The second kappa shape index (κ2) is 4.28. The summed E-state index contributed by atoms with van der Waals surface area (Å²) >= 11 is 0. The number of hydrogen-bond acceptors (Lipinski definition) is 2. The summed E-state index contributed by atoms with van der Waals surface area (Å²) in [6.45, 7) is 5.62. The minimum atomic E-state index is -0.0681. The molecule has 2 aliphatic heterocycles. The molecule has 0 amide bonds. The smallest absolute Gasteiger partial charge is 0.120 e. The fourth-order valence-corrected chi connectivity index (χ4v) is 2.64. The Labute approximate surface area is 102 Å². The molecular formula is C15H18O2. The average molecular weight is 230 g/mol. The molecular weight excluding hydrogens is 212 g/mol. The zero-order valence-corrected chi connectivity index (χ0v) is 9.97. The molecule has 3 atom stereocenters. The SMILES string of the molecule is C=CCC(CC1CO1)C1(c2ccccc2)CO1. The highest BCUT2D eigenvalue weighted by molar-refractivity contribution is 5.28. The van der Waals surface area contributed by atoms with Crippen molar-refractivity contribution >= 4 is 0 Å². The summed E-state index contributed by atoms with van der Waals surface area (Å²) in [6, 6.07) is 10.5. The van der Waals surface area contributed by atoms with E-state index < -0.39 is 0 Å². The summed E-state index contributed by atoms with van der Waals surface area (Å²) in [5, 5.41) is 0. The maximum atomic E-state index is 5.82. The van der Waals surface area contributed by atoms with Gasteiger partial charge in [-0.3, -0.25) is 0 Å². The molecule has 2 heterocycles. The maximum Gasteiger partial charge on any atom is 0.120 e. The fraction of sp³-hybridized carbons (Fsp3) is 0.467. The number of hydrogen-bond donors (Lipinski definition) is 0. The van der Waals surface area contributed by atoms with Crippen molar-refractivity contribution in [3.05, 3.63) is 48.6 Å². The second-order valence-corrected chi connectivity index (χ2v) is 4.96. The molecule has 2 nitrogen and oxygen atoms in total. The van der Waals surface area contributed by atoms with Crippen molar-refractivity contribution in [2.75, 3.05) is 13.2 Å². The van der Waals surface area contributed by atoms with Crippen LogP contribution in [0.3, 0.4) is 0 Å². The number of ether oxygens (including phenoxy) is 2. The Hall–Kier alpha value is -1.12. The van der Waals surface area contributed by atoms with Crippen molar-refractivity contribution in [2.45, 2.75) is 24.5 Å². The maximum absolute atomic E-state index is 5.82. The van der Waals surface area contributed by atoms with E-state index in [4.69, 9.17) is 9.47 Å². The van der Waals surface area contributed by atoms with Gasteiger partial charge in [0.05, 0.1) is 19.3 Å². The van der Waals surface area contributed by atoms with Gasteiger partial charge in [0.15, 0.2) is 0 Å². The van der Waals surface area contributed by atoms with E-state index in [1.165, 1.54) is 5.56 Å². The standard InChI is InChI=1S/C15H18O2/c1-2-6-13(9-14-10-16-14)15(11-17-15)12-7-4-3-5-8-12/h2-5,7-8,13-14H,1,6,9-11H2. The lowest BCUT2D eigenvalue weighted by Gasteiger charge is -2.22. The van der Waals surface area contributed by atoms with E-state index >= 15 is 0 Å². The molecule has 1 aromatic rings. The van der Waals surface area contributed by atoms with Gasteiger partial charge in [0.2, 0.25) is 0 Å². The van der Waals surface area contributed by atoms with Gasteiger partial charge in [-0.2, -0.15) is 0 Å². The van der Waals surface area contributed by atoms with Crippen molar-refractivity contribution in [2.24, 2.45) is 5.92 Å². The summed E-state index contributed by atoms with van der Waals surface area (Å²) in [6.07, 6.45) is 4.53. The summed E-state index contributed by atoms with van der Waals surface area (Å²) < 4.78 is 11.2. The molecule has 1 aromatic carbocycles. The Balaban J connectivity index is 1.81. The van der Waals surface area contributed by atoms with E-state index in [9.17, 15) is 0 Å². The second-order valence-electron chi connectivity index (χ2n) is 4.96. The van der Waals surface area contributed by atoms with Gasteiger partial charge in [-0.05, 0) is 18.4 Å². The fourth-order valence-electron chi connectivity index (χ4n) is 2.64. The topological polar surface area (TPSA) is 25.1 Å². The van der Waals surface area contributed by atoms with Gasteiger partial charge in [-0.15, -0.1) is 6.58 Å². The average Bonchev–Trinajstić information content (AvgIpc) is 3.25. The Bertz CT molecular complexity index is 391. The minimum Gasteiger partial charge on any atom is -0.373 e. The van der Waals surface area contributed by atoms with Crippen LogP contribution in [0.2, 0.25) is 0 Å². The van der Waals surface area contributed by atoms with Crippen LogP contribution in [0.25, 0.3) is 0 Å². The van der Waals surface area contributed by atoms with Crippen molar-refractivity contribution in [1.82, 2.24) is 0 Å². The molecule has 2 aliphatic rings. The van der Waals surface area contributed by atoms with E-state index in [1.54, 1.807) is 0 Å². The highest BCUT2D eigenvalue weighted by Crippen LogP contribution is 2.49. The lowest BCUT2D eigenvalue weighted by molar-refractivity contribution is 0.195. The lowest BCUT2D eigenvalue weighted by Crippen LogP contribution is -2.23. The molecule has 2 heteroatoms. The molecule has 0 radical (unpaired) electrons. The van der Waals surface area contributed by atoms with Crippen LogP contribution in [0.1, 0.15) is 18.4 Å². The Morgan fingerprint density at radius 3 is 2.65 bits per heavy atom. The van der Waals surface area contributed by atoms with Crippen molar-refractivity contribution in [1.29, 1.82) is 0 Å². The van der Waals surface area contributed by atoms with Crippen LogP contribution >= 0.6 is 0 Å². The Morgan fingerprint density at radius 1 is 1.41 bits per heavy atom.